The molecule has 1 aromatic carbocycles. The summed E-state index contributed by atoms with van der Waals surface area (Å²) in [4.78, 5) is 34.8. The van der Waals surface area contributed by atoms with Crippen molar-refractivity contribution in [2.75, 3.05) is 7.11 Å². The zero-order chi connectivity index (χ0) is 16.0. The maximum absolute atomic E-state index is 12.2. The van der Waals surface area contributed by atoms with Crippen molar-refractivity contribution in [2.45, 2.75) is 39.2 Å². The lowest BCUT2D eigenvalue weighted by Gasteiger charge is -2.28. The Balaban J connectivity index is 2.82. The molecule has 0 bridgehead atoms. The molecule has 0 fully saturated rings. The number of amides is 1. The number of ether oxygens (including phenoxy) is 1. The minimum Gasteiger partial charge on any atom is -0.469 e. The Bertz CT molecular complexity index is 536. The van der Waals surface area contributed by atoms with Crippen LogP contribution in [0.1, 0.15) is 54.3 Å². The number of carbonyl (C=O) groups is 3. The van der Waals surface area contributed by atoms with Crippen LogP contribution in [0.3, 0.4) is 0 Å². The van der Waals surface area contributed by atoms with Crippen molar-refractivity contribution in [3.05, 3.63) is 35.4 Å². The predicted octanol–water partition coefficient (Wildman–Crippen LogP) is 2.35. The van der Waals surface area contributed by atoms with Crippen LogP contribution in [0.5, 0.6) is 0 Å². The molecule has 0 saturated carbocycles. The van der Waals surface area contributed by atoms with Gasteiger partial charge >= 0.3 is 5.97 Å². The fraction of sp³-hybridized carbons (Fsp3) is 0.438. The Morgan fingerprint density at radius 2 is 1.67 bits per heavy atom. The number of carbonyl (C=O) groups excluding carboxylic acids is 3. The Morgan fingerprint density at radius 1 is 1.14 bits per heavy atom. The van der Waals surface area contributed by atoms with Gasteiger partial charge in [-0.05, 0) is 32.4 Å². The molecule has 0 spiro atoms. The van der Waals surface area contributed by atoms with E-state index in [1.165, 1.54) is 14.0 Å². The van der Waals surface area contributed by atoms with Crippen molar-refractivity contribution in [3.8, 4) is 0 Å². The van der Waals surface area contributed by atoms with Gasteiger partial charge in [0, 0.05) is 16.7 Å². The molecule has 1 rings (SSSR count). The molecule has 0 aromatic heterocycles. The number of hydrogen-bond acceptors (Lipinski definition) is 4. The lowest BCUT2D eigenvalue weighted by molar-refractivity contribution is -0.142. The number of methoxy groups -OCH3 is 1. The topological polar surface area (TPSA) is 72.5 Å². The van der Waals surface area contributed by atoms with Crippen molar-refractivity contribution in [3.63, 3.8) is 0 Å². The Morgan fingerprint density at radius 3 is 2.10 bits per heavy atom. The van der Waals surface area contributed by atoms with Gasteiger partial charge in [0.05, 0.1) is 13.5 Å². The summed E-state index contributed by atoms with van der Waals surface area (Å²) in [7, 11) is 1.32. The highest BCUT2D eigenvalue weighted by Gasteiger charge is 2.28. The molecular weight excluding hydrogens is 270 g/mol. The van der Waals surface area contributed by atoms with Crippen LogP contribution in [0, 0.1) is 0 Å². The quantitative estimate of drug-likeness (QED) is 0.645. The second kappa shape index (κ2) is 7.02. The summed E-state index contributed by atoms with van der Waals surface area (Å²) >= 11 is 0. The number of hydrogen-bond donors (Lipinski definition) is 1. The zero-order valence-electron chi connectivity index (χ0n) is 12.9. The molecule has 1 unspecified atom stereocenters. The van der Waals surface area contributed by atoms with E-state index >= 15 is 0 Å². The Labute approximate surface area is 124 Å². The first-order valence-corrected chi connectivity index (χ1v) is 6.81. The molecule has 0 radical (unpaired) electrons. The molecule has 5 nitrogen and oxygen atoms in total. The predicted molar refractivity (Wildman–Crippen MR) is 79.2 cm³/mol. The molecule has 0 aliphatic heterocycles. The van der Waals surface area contributed by atoms with Crippen molar-refractivity contribution in [2.24, 2.45) is 0 Å². The van der Waals surface area contributed by atoms with E-state index in [0.29, 0.717) is 17.5 Å². The standard InChI is InChI=1S/C16H21NO4/c1-5-16(3,10-14(19)21-4)17-15(20)13-8-6-12(7-9-13)11(2)18/h6-9H,5,10H2,1-4H3,(H,17,20). The lowest BCUT2D eigenvalue weighted by atomic mass is 9.94. The van der Waals surface area contributed by atoms with E-state index in [-0.39, 0.29) is 24.1 Å². The molecule has 1 atom stereocenters. The van der Waals surface area contributed by atoms with Gasteiger partial charge in [0.1, 0.15) is 0 Å². The zero-order valence-corrected chi connectivity index (χ0v) is 12.9. The van der Waals surface area contributed by atoms with E-state index in [9.17, 15) is 14.4 Å². The van der Waals surface area contributed by atoms with Gasteiger partial charge in [0.2, 0.25) is 0 Å². The van der Waals surface area contributed by atoms with E-state index in [4.69, 9.17) is 0 Å². The van der Waals surface area contributed by atoms with E-state index in [0.717, 1.165) is 0 Å². The maximum atomic E-state index is 12.2. The SMILES string of the molecule is CCC(C)(CC(=O)OC)NC(=O)c1ccc(C(C)=O)cc1. The van der Waals surface area contributed by atoms with Crippen LogP contribution in [-0.2, 0) is 9.53 Å². The first kappa shape index (κ1) is 16.9. The van der Waals surface area contributed by atoms with Gasteiger partial charge in [-0.2, -0.15) is 0 Å². The Hall–Kier alpha value is -2.17. The lowest BCUT2D eigenvalue weighted by Crippen LogP contribution is -2.47. The van der Waals surface area contributed by atoms with E-state index in [1.54, 1.807) is 31.2 Å². The average molecular weight is 291 g/mol. The van der Waals surface area contributed by atoms with Crippen LogP contribution in [0.4, 0.5) is 0 Å². The number of benzene rings is 1. The highest BCUT2D eigenvalue weighted by Crippen LogP contribution is 2.16. The van der Waals surface area contributed by atoms with Crippen molar-refractivity contribution in [1.82, 2.24) is 5.32 Å². The van der Waals surface area contributed by atoms with Crippen LogP contribution < -0.4 is 5.32 Å². The molecular formula is C16H21NO4. The molecule has 21 heavy (non-hydrogen) atoms. The van der Waals surface area contributed by atoms with Crippen LogP contribution in [0.2, 0.25) is 0 Å². The molecule has 5 heteroatoms. The summed E-state index contributed by atoms with van der Waals surface area (Å²) in [6, 6.07) is 6.42. The summed E-state index contributed by atoms with van der Waals surface area (Å²) in [5, 5.41) is 2.85. The van der Waals surface area contributed by atoms with Gasteiger partial charge < -0.3 is 10.1 Å². The molecule has 0 saturated heterocycles. The normalized spacial score (nSPS) is 13.1. The summed E-state index contributed by atoms with van der Waals surface area (Å²) in [6.45, 7) is 5.16. The van der Waals surface area contributed by atoms with Gasteiger partial charge in [0.25, 0.3) is 5.91 Å². The minimum absolute atomic E-state index is 0.0500. The summed E-state index contributed by atoms with van der Waals surface area (Å²) < 4.78 is 4.65. The van der Waals surface area contributed by atoms with E-state index in [2.05, 4.69) is 10.1 Å². The molecule has 0 heterocycles. The molecule has 1 amide bonds. The third-order valence-electron chi connectivity index (χ3n) is 3.51. The molecule has 0 aliphatic carbocycles. The summed E-state index contributed by atoms with van der Waals surface area (Å²) in [6.07, 6.45) is 0.705. The second-order valence-electron chi connectivity index (χ2n) is 5.25. The highest BCUT2D eigenvalue weighted by atomic mass is 16.5. The second-order valence-corrected chi connectivity index (χ2v) is 5.25. The summed E-state index contributed by atoms with van der Waals surface area (Å²) in [5.41, 5.74) is 0.340. The summed E-state index contributed by atoms with van der Waals surface area (Å²) in [5.74, 6) is -0.698. The van der Waals surface area contributed by atoms with Crippen molar-refractivity contribution in [1.29, 1.82) is 0 Å². The molecule has 1 aromatic rings. The largest absolute Gasteiger partial charge is 0.469 e. The van der Waals surface area contributed by atoms with Gasteiger partial charge in [-0.25, -0.2) is 0 Å². The number of rotatable bonds is 6. The fourth-order valence-corrected chi connectivity index (χ4v) is 1.85. The van der Waals surface area contributed by atoms with Crippen molar-refractivity contribution >= 4 is 17.7 Å². The number of nitrogens with one attached hydrogen (secondary N) is 1. The number of ketones is 1. The van der Waals surface area contributed by atoms with Crippen LogP contribution in [0.15, 0.2) is 24.3 Å². The fourth-order valence-electron chi connectivity index (χ4n) is 1.85. The number of esters is 1. The van der Waals surface area contributed by atoms with Crippen LogP contribution >= 0.6 is 0 Å². The van der Waals surface area contributed by atoms with Gasteiger partial charge in [-0.1, -0.05) is 19.1 Å². The maximum Gasteiger partial charge on any atom is 0.307 e. The average Bonchev–Trinajstić information content (AvgIpc) is 2.47. The minimum atomic E-state index is -0.663. The highest BCUT2D eigenvalue weighted by molar-refractivity contribution is 5.98. The van der Waals surface area contributed by atoms with Crippen LogP contribution in [-0.4, -0.2) is 30.3 Å². The van der Waals surface area contributed by atoms with Gasteiger partial charge in [-0.15, -0.1) is 0 Å². The monoisotopic (exact) mass is 291 g/mol. The first-order valence-electron chi connectivity index (χ1n) is 6.81. The van der Waals surface area contributed by atoms with E-state index < -0.39 is 5.54 Å². The Kier molecular flexibility index (Phi) is 5.64. The van der Waals surface area contributed by atoms with Crippen molar-refractivity contribution < 1.29 is 19.1 Å². The third-order valence-corrected chi connectivity index (χ3v) is 3.51. The molecule has 0 aliphatic rings. The number of Topliss-reactive ketones (excluding diaryl/α,β-unsaturated/α-hetero) is 1. The van der Waals surface area contributed by atoms with Gasteiger partial charge in [-0.3, -0.25) is 14.4 Å². The van der Waals surface area contributed by atoms with E-state index in [1.807, 2.05) is 6.92 Å². The molecule has 1 N–H and O–H groups in total. The molecule has 114 valence electrons. The first-order chi connectivity index (χ1) is 9.81. The smallest absolute Gasteiger partial charge is 0.307 e. The van der Waals surface area contributed by atoms with Crippen LogP contribution in [0.25, 0.3) is 0 Å². The van der Waals surface area contributed by atoms with Gasteiger partial charge in [0.15, 0.2) is 5.78 Å². The third kappa shape index (κ3) is 4.70.